The van der Waals surface area contributed by atoms with Crippen LogP contribution < -0.4 is 14.5 Å². The molecule has 0 amide bonds. The summed E-state index contributed by atoms with van der Waals surface area (Å²) in [5, 5.41) is 11.4. The maximum atomic E-state index is 10.4. The van der Waals surface area contributed by atoms with Crippen molar-refractivity contribution in [1.29, 1.82) is 0 Å². The zero-order chi connectivity index (χ0) is 15.4. The van der Waals surface area contributed by atoms with Gasteiger partial charge in [0.25, 0.3) is 0 Å². The molecule has 0 aliphatic rings. The van der Waals surface area contributed by atoms with Crippen molar-refractivity contribution in [3.8, 4) is 11.5 Å². The topological polar surface area (TPSA) is 52.8 Å². The molecule has 21 heavy (non-hydrogen) atoms. The van der Waals surface area contributed by atoms with Gasteiger partial charge in [-0.3, -0.25) is 0 Å². The maximum absolute atomic E-state index is 10.4. The fourth-order valence-corrected chi connectivity index (χ4v) is 2.57. The molecule has 4 nitrogen and oxygen atoms in total. The van der Waals surface area contributed by atoms with Crippen molar-refractivity contribution in [1.82, 2.24) is 0 Å². The van der Waals surface area contributed by atoms with E-state index in [1.807, 2.05) is 0 Å². The van der Waals surface area contributed by atoms with Gasteiger partial charge in [0.2, 0.25) is 0 Å². The van der Waals surface area contributed by atoms with Gasteiger partial charge in [-0.1, -0.05) is 29.3 Å². The van der Waals surface area contributed by atoms with Crippen LogP contribution >= 0.6 is 23.2 Å². The van der Waals surface area contributed by atoms with Gasteiger partial charge in [-0.2, -0.15) is 0 Å². The number of aliphatic hydroxyl groups excluding tert-OH is 1. The molecule has 2 N–H and O–H groups in total. The number of H-pyrrole nitrogens is 1. The van der Waals surface area contributed by atoms with Gasteiger partial charge in [-0.15, -0.1) is 0 Å². The fraction of sp³-hybridized carbons (Fsp3) is 0.267. The lowest BCUT2D eigenvalue weighted by molar-refractivity contribution is -0.377. The van der Waals surface area contributed by atoms with Crippen molar-refractivity contribution in [2.75, 3.05) is 14.2 Å². The summed E-state index contributed by atoms with van der Waals surface area (Å²) in [5.74, 6) is 1.17. The van der Waals surface area contributed by atoms with E-state index in [0.29, 0.717) is 39.1 Å². The molecule has 6 heteroatoms. The molecule has 0 saturated carbocycles. The number of aliphatic hydroxyl groups is 1. The first-order valence-corrected chi connectivity index (χ1v) is 7.06. The Kier molecular flexibility index (Phi) is 5.28. The van der Waals surface area contributed by atoms with Crippen LogP contribution in [-0.2, 0) is 6.42 Å². The molecule has 0 bridgehead atoms. The predicted molar refractivity (Wildman–Crippen MR) is 81.2 cm³/mol. The molecule has 1 aromatic carbocycles. The lowest BCUT2D eigenvalue weighted by Gasteiger charge is -2.15. The van der Waals surface area contributed by atoms with Gasteiger partial charge in [0.1, 0.15) is 10.0 Å². The summed E-state index contributed by atoms with van der Waals surface area (Å²) in [6.45, 7) is 0. The number of ether oxygens (including phenoxy) is 2. The molecule has 0 aliphatic heterocycles. The van der Waals surface area contributed by atoms with E-state index in [9.17, 15) is 5.11 Å². The van der Waals surface area contributed by atoms with Gasteiger partial charge in [0.15, 0.2) is 23.9 Å². The second-order valence-electron chi connectivity index (χ2n) is 4.46. The molecule has 0 saturated heterocycles. The molecule has 2 rings (SSSR count). The van der Waals surface area contributed by atoms with E-state index >= 15 is 0 Å². The van der Waals surface area contributed by atoms with Crippen molar-refractivity contribution in [3.05, 3.63) is 51.8 Å². The Hall–Kier alpha value is -1.49. The summed E-state index contributed by atoms with van der Waals surface area (Å²) in [5.41, 5.74) is 1.40. The molecule has 2 aromatic rings. The predicted octanol–water partition coefficient (Wildman–Crippen LogP) is 3.10. The molecule has 1 aromatic heterocycles. The van der Waals surface area contributed by atoms with Crippen molar-refractivity contribution >= 4 is 23.2 Å². The summed E-state index contributed by atoms with van der Waals surface area (Å²) >= 11 is 12.2. The highest BCUT2D eigenvalue weighted by atomic mass is 35.5. The molecule has 1 atom stereocenters. The molecular formula is C15H16Cl2NO3+. The molecule has 0 aliphatic carbocycles. The number of benzene rings is 1. The number of hydrogen-bond acceptors (Lipinski definition) is 3. The van der Waals surface area contributed by atoms with E-state index in [2.05, 4.69) is 4.98 Å². The Morgan fingerprint density at radius 1 is 1.10 bits per heavy atom. The first-order chi connectivity index (χ1) is 10.1. The monoisotopic (exact) mass is 328 g/mol. The van der Waals surface area contributed by atoms with E-state index in [1.165, 1.54) is 0 Å². The number of rotatable bonds is 5. The van der Waals surface area contributed by atoms with Gasteiger partial charge in [-0.05, 0) is 17.7 Å². The minimum absolute atomic E-state index is 0.307. The molecular weight excluding hydrogens is 313 g/mol. The minimum Gasteiger partial charge on any atom is -0.493 e. The summed E-state index contributed by atoms with van der Waals surface area (Å²) in [6, 6.07) is 5.27. The quantitative estimate of drug-likeness (QED) is 0.917. The Morgan fingerprint density at radius 2 is 1.71 bits per heavy atom. The highest BCUT2D eigenvalue weighted by molar-refractivity contribution is 6.35. The number of pyridine rings is 1. The van der Waals surface area contributed by atoms with E-state index in [-0.39, 0.29) is 0 Å². The van der Waals surface area contributed by atoms with Crippen molar-refractivity contribution in [2.24, 2.45) is 0 Å². The van der Waals surface area contributed by atoms with E-state index in [0.717, 1.165) is 0 Å². The number of methoxy groups -OCH3 is 2. The second-order valence-corrected chi connectivity index (χ2v) is 5.28. The van der Waals surface area contributed by atoms with Gasteiger partial charge in [0.05, 0.1) is 20.3 Å². The van der Waals surface area contributed by atoms with E-state index in [1.54, 1.807) is 44.8 Å². The van der Waals surface area contributed by atoms with Crippen LogP contribution in [0.25, 0.3) is 0 Å². The molecule has 0 radical (unpaired) electrons. The van der Waals surface area contributed by atoms with Gasteiger partial charge in [-0.25, -0.2) is 4.98 Å². The average Bonchev–Trinajstić information content (AvgIpc) is 2.50. The van der Waals surface area contributed by atoms with Crippen molar-refractivity contribution in [2.45, 2.75) is 12.5 Å². The average molecular weight is 329 g/mol. The largest absolute Gasteiger partial charge is 0.493 e. The standard InChI is InChI=1S/C15H15Cl2NO3/c1-20-14-4-3-9(5-15(14)21-2)13(19)6-10-11(16)7-18-8-12(10)17/h3-5,7-8,13,19H,6H2,1-2H3/p+1. The number of aromatic nitrogens is 1. The van der Waals surface area contributed by atoms with E-state index < -0.39 is 6.10 Å². The fourth-order valence-electron chi connectivity index (χ4n) is 2.04. The van der Waals surface area contributed by atoms with Crippen LogP contribution in [0.3, 0.4) is 0 Å². The van der Waals surface area contributed by atoms with Crippen LogP contribution in [0.15, 0.2) is 30.6 Å². The third-order valence-electron chi connectivity index (χ3n) is 3.19. The van der Waals surface area contributed by atoms with Crippen LogP contribution in [0.4, 0.5) is 0 Å². The Morgan fingerprint density at radius 3 is 2.29 bits per heavy atom. The van der Waals surface area contributed by atoms with Gasteiger partial charge in [0, 0.05) is 12.0 Å². The Labute approximate surface area is 133 Å². The summed E-state index contributed by atoms with van der Waals surface area (Å²) in [4.78, 5) is 2.83. The summed E-state index contributed by atoms with van der Waals surface area (Å²) in [7, 11) is 3.11. The van der Waals surface area contributed by atoms with Crippen LogP contribution in [0, 0.1) is 0 Å². The Bertz CT molecular complexity index is 614. The highest BCUT2D eigenvalue weighted by Crippen LogP contribution is 2.32. The lowest BCUT2D eigenvalue weighted by atomic mass is 10.0. The van der Waals surface area contributed by atoms with E-state index in [4.69, 9.17) is 32.7 Å². The maximum Gasteiger partial charge on any atom is 0.186 e. The van der Waals surface area contributed by atoms with Gasteiger partial charge < -0.3 is 14.6 Å². The zero-order valence-electron chi connectivity index (χ0n) is 11.7. The molecule has 1 heterocycles. The number of aromatic amines is 1. The molecule has 1 unspecified atom stereocenters. The Balaban J connectivity index is 2.26. The highest BCUT2D eigenvalue weighted by Gasteiger charge is 2.17. The SMILES string of the molecule is COc1ccc(C(O)Cc2c(Cl)c[nH+]cc2Cl)cc1OC. The summed E-state index contributed by atoms with van der Waals surface area (Å²) < 4.78 is 10.4. The lowest BCUT2D eigenvalue weighted by Crippen LogP contribution is -2.07. The second kappa shape index (κ2) is 6.98. The van der Waals surface area contributed by atoms with Crippen LogP contribution in [-0.4, -0.2) is 19.3 Å². The number of halogens is 2. The first kappa shape index (κ1) is 15.9. The molecule has 112 valence electrons. The van der Waals surface area contributed by atoms with Crippen molar-refractivity contribution < 1.29 is 19.6 Å². The summed E-state index contributed by atoms with van der Waals surface area (Å²) in [6.07, 6.45) is 2.82. The van der Waals surface area contributed by atoms with Crippen molar-refractivity contribution in [3.63, 3.8) is 0 Å². The third kappa shape index (κ3) is 3.59. The number of hydrogen-bond donors (Lipinski definition) is 1. The smallest absolute Gasteiger partial charge is 0.186 e. The first-order valence-electron chi connectivity index (χ1n) is 6.30. The number of nitrogens with one attached hydrogen (secondary N) is 1. The third-order valence-corrected chi connectivity index (χ3v) is 3.86. The minimum atomic E-state index is -0.748. The van der Waals surface area contributed by atoms with Gasteiger partial charge >= 0.3 is 0 Å². The van der Waals surface area contributed by atoms with Crippen LogP contribution in [0.1, 0.15) is 17.2 Å². The molecule has 0 spiro atoms. The van der Waals surface area contributed by atoms with Crippen LogP contribution in [0.5, 0.6) is 11.5 Å². The zero-order valence-corrected chi connectivity index (χ0v) is 13.2. The normalized spacial score (nSPS) is 12.0. The molecule has 0 fully saturated rings. The van der Waals surface area contributed by atoms with Crippen LogP contribution in [0.2, 0.25) is 10.0 Å².